The Bertz CT molecular complexity index is 971. The van der Waals surface area contributed by atoms with Crippen molar-refractivity contribution in [3.8, 4) is 0 Å². The van der Waals surface area contributed by atoms with Crippen molar-refractivity contribution >= 4 is 66.6 Å². The van der Waals surface area contributed by atoms with Gasteiger partial charge in [0.2, 0.25) is 0 Å². The number of fused-ring (bicyclic) bond motifs is 2. The predicted molar refractivity (Wildman–Crippen MR) is 164 cm³/mol. The van der Waals surface area contributed by atoms with E-state index >= 15 is 0 Å². The average molecular weight is 581 g/mol. The van der Waals surface area contributed by atoms with Gasteiger partial charge in [-0.25, -0.2) is 0 Å². The molecule has 0 unspecified atom stereocenters. The summed E-state index contributed by atoms with van der Waals surface area (Å²) in [6, 6.07) is 26.9. The molecule has 0 aliphatic rings. The maximum atomic E-state index is 4.89. The Balaban J connectivity index is 0.000000222. The van der Waals surface area contributed by atoms with Gasteiger partial charge in [0.15, 0.2) is 0 Å². The molecule has 0 nitrogen and oxygen atoms in total. The zero-order valence-corrected chi connectivity index (χ0v) is 27.3. The molecule has 0 fully saturated rings. The summed E-state index contributed by atoms with van der Waals surface area (Å²) in [5, 5.41) is 8.72. The Labute approximate surface area is 233 Å². The Kier molecular flexibility index (Phi) is 13.5. The van der Waals surface area contributed by atoms with E-state index in [1.54, 1.807) is 10.6 Å². The van der Waals surface area contributed by atoms with Crippen LogP contribution < -0.4 is 10.6 Å². The minimum absolute atomic E-state index is 0.0206. The molecular formula is C30H40Cl2P2Ti-2. The van der Waals surface area contributed by atoms with Crippen LogP contribution in [0, 0.1) is 0 Å². The molecule has 0 heterocycles. The molecule has 0 spiro atoms. The predicted octanol–water partition coefficient (Wildman–Crippen LogP) is 10.3. The van der Waals surface area contributed by atoms with Gasteiger partial charge in [-0.2, -0.15) is 12.1 Å². The molecule has 0 saturated heterocycles. The third-order valence-electron chi connectivity index (χ3n) is 6.03. The second-order valence-corrected chi connectivity index (χ2v) is 19.3. The summed E-state index contributed by atoms with van der Waals surface area (Å²) >= 11 is -0.556. The van der Waals surface area contributed by atoms with Crippen molar-refractivity contribution in [3.63, 3.8) is 0 Å². The topological polar surface area (TPSA) is 0 Å². The zero-order valence-electron chi connectivity index (χ0n) is 22.4. The van der Waals surface area contributed by atoms with Gasteiger partial charge in [0.1, 0.15) is 0 Å². The van der Waals surface area contributed by atoms with Crippen LogP contribution in [-0.2, 0) is 17.0 Å². The maximum absolute atomic E-state index is 4.89. The first-order valence-corrected chi connectivity index (χ1v) is 19.7. The van der Waals surface area contributed by atoms with E-state index in [4.69, 9.17) is 18.6 Å². The monoisotopic (exact) mass is 580 g/mol. The van der Waals surface area contributed by atoms with Crippen LogP contribution in [0.25, 0.3) is 21.5 Å². The molecule has 190 valence electrons. The Morgan fingerprint density at radius 1 is 0.571 bits per heavy atom. The second kappa shape index (κ2) is 15.3. The molecule has 0 aliphatic heterocycles. The summed E-state index contributed by atoms with van der Waals surface area (Å²) in [4.78, 5) is 0. The molecule has 4 rings (SSSR count). The van der Waals surface area contributed by atoms with Gasteiger partial charge in [0, 0.05) is 0 Å². The molecule has 5 heteroatoms. The van der Waals surface area contributed by atoms with E-state index in [2.05, 4.69) is 128 Å². The summed E-state index contributed by atoms with van der Waals surface area (Å²) in [6.45, 7) is 18.8. The fraction of sp³-hybridized carbons (Fsp3) is 0.400. The molecule has 0 aromatic heterocycles. The van der Waals surface area contributed by atoms with Crippen molar-refractivity contribution in [3.05, 3.63) is 72.8 Å². The molecule has 0 atom stereocenters. The molecule has 0 N–H and O–H groups in total. The Morgan fingerprint density at radius 3 is 1.11 bits per heavy atom. The molecule has 0 radical (unpaired) electrons. The molecule has 4 aromatic carbocycles. The summed E-state index contributed by atoms with van der Waals surface area (Å²) in [6.07, 6.45) is 0. The molecule has 0 saturated carbocycles. The minimum atomic E-state index is -0.556. The molecule has 35 heavy (non-hydrogen) atoms. The molecular weight excluding hydrogens is 541 g/mol. The third kappa shape index (κ3) is 8.96. The van der Waals surface area contributed by atoms with Gasteiger partial charge in [-0.3, -0.25) is 0 Å². The standard InChI is InChI=1S/2C15H20P.2ClH.Ti/c2*1-11(2)16(12(3)4)15-9-13-7-5-6-8-14(13)10-15;;;/h2*5-12H,1-4H3;2*1H;/q2*-1;;;+2/p-2. The van der Waals surface area contributed by atoms with E-state index in [1.807, 2.05) is 0 Å². The van der Waals surface area contributed by atoms with Crippen molar-refractivity contribution in [2.75, 3.05) is 0 Å². The van der Waals surface area contributed by atoms with Gasteiger partial charge in [-0.15, -0.1) is 80.7 Å². The summed E-state index contributed by atoms with van der Waals surface area (Å²) in [5.74, 6) is 0. The van der Waals surface area contributed by atoms with Crippen LogP contribution in [0.5, 0.6) is 0 Å². The van der Waals surface area contributed by atoms with Gasteiger partial charge >= 0.3 is 35.6 Å². The number of halogens is 2. The zero-order chi connectivity index (χ0) is 26.1. The van der Waals surface area contributed by atoms with E-state index in [9.17, 15) is 0 Å². The summed E-state index contributed by atoms with van der Waals surface area (Å²) in [5.41, 5.74) is 3.08. The summed E-state index contributed by atoms with van der Waals surface area (Å²) in [7, 11) is 9.74. The van der Waals surface area contributed by atoms with E-state index in [1.165, 1.54) is 21.5 Å². The normalized spacial score (nSPS) is 11.5. The van der Waals surface area contributed by atoms with Crippen molar-refractivity contribution in [2.45, 2.75) is 78.0 Å². The fourth-order valence-corrected chi connectivity index (χ4v) is 10.9. The number of hydrogen-bond donors (Lipinski definition) is 0. The van der Waals surface area contributed by atoms with Crippen LogP contribution in [0.3, 0.4) is 0 Å². The van der Waals surface area contributed by atoms with Gasteiger partial charge < -0.3 is 0 Å². The fourth-order valence-electron chi connectivity index (χ4n) is 4.95. The molecule has 0 aliphatic carbocycles. The summed E-state index contributed by atoms with van der Waals surface area (Å²) < 4.78 is 0. The van der Waals surface area contributed by atoms with Crippen LogP contribution in [-0.4, -0.2) is 22.6 Å². The Morgan fingerprint density at radius 2 is 0.857 bits per heavy atom. The van der Waals surface area contributed by atoms with Crippen molar-refractivity contribution in [2.24, 2.45) is 0 Å². The van der Waals surface area contributed by atoms with Crippen LogP contribution in [0.4, 0.5) is 0 Å². The van der Waals surface area contributed by atoms with E-state index in [0.717, 1.165) is 22.6 Å². The number of rotatable bonds is 6. The quantitative estimate of drug-likeness (QED) is 0.121. The molecule has 4 aromatic rings. The SMILES string of the molecule is CC(C)P(c1cc2ccccc2[cH-]1)C(C)C.CC(C)P(c1cc2ccccc2[cH-]1)C(C)C.[Cl][Ti][Cl]. The van der Waals surface area contributed by atoms with Crippen LogP contribution >= 0.6 is 34.5 Å². The van der Waals surface area contributed by atoms with Gasteiger partial charge in [0.25, 0.3) is 0 Å². The average Bonchev–Trinajstić information content (AvgIpc) is 3.37. The Hall–Kier alpha value is -0.186. The first-order valence-electron chi connectivity index (χ1n) is 12.4. The van der Waals surface area contributed by atoms with Gasteiger partial charge in [-0.05, 0) is 22.6 Å². The van der Waals surface area contributed by atoms with Crippen LogP contribution in [0.1, 0.15) is 55.4 Å². The van der Waals surface area contributed by atoms with Gasteiger partial charge in [-0.1, -0.05) is 83.4 Å². The van der Waals surface area contributed by atoms with Crippen molar-refractivity contribution < 1.29 is 17.0 Å². The van der Waals surface area contributed by atoms with E-state index in [0.29, 0.717) is 0 Å². The van der Waals surface area contributed by atoms with Crippen molar-refractivity contribution in [1.82, 2.24) is 0 Å². The van der Waals surface area contributed by atoms with Crippen molar-refractivity contribution in [1.29, 1.82) is 0 Å². The van der Waals surface area contributed by atoms with E-state index < -0.39 is 17.0 Å². The van der Waals surface area contributed by atoms with Crippen LogP contribution in [0.2, 0.25) is 0 Å². The molecule has 0 bridgehead atoms. The first-order chi connectivity index (χ1) is 16.6. The first kappa shape index (κ1) is 31.0. The molecule has 0 amide bonds. The third-order valence-corrected chi connectivity index (χ3v) is 12.2. The van der Waals surface area contributed by atoms with Gasteiger partial charge in [0.05, 0.1) is 0 Å². The number of hydrogen-bond acceptors (Lipinski definition) is 0. The van der Waals surface area contributed by atoms with E-state index in [-0.39, 0.29) is 15.8 Å². The second-order valence-electron chi connectivity index (χ2n) is 9.95. The van der Waals surface area contributed by atoms with Crippen LogP contribution in [0.15, 0.2) is 72.8 Å². The number of benzene rings is 2.